The Morgan fingerprint density at radius 2 is 1.95 bits per heavy atom. The van der Waals surface area contributed by atoms with Crippen molar-refractivity contribution in [3.8, 4) is 0 Å². The molecule has 0 aliphatic carbocycles. The van der Waals surface area contributed by atoms with Crippen LogP contribution in [0.3, 0.4) is 0 Å². The summed E-state index contributed by atoms with van der Waals surface area (Å²) in [7, 11) is -3.64. The molecule has 3 N–H and O–H groups in total. The largest absolute Gasteiger partial charge is 0.368 e. The van der Waals surface area contributed by atoms with Crippen molar-refractivity contribution in [1.29, 1.82) is 0 Å². The molecule has 1 aromatic heterocycles. The minimum Gasteiger partial charge on any atom is -0.368 e. The Morgan fingerprint density at radius 3 is 2.55 bits per heavy atom. The van der Waals surface area contributed by atoms with Gasteiger partial charge in [-0.25, -0.2) is 23.5 Å². The van der Waals surface area contributed by atoms with Crippen LogP contribution in [0.25, 0.3) is 0 Å². The summed E-state index contributed by atoms with van der Waals surface area (Å²) in [5, 5.41) is 8.57. The summed E-state index contributed by atoms with van der Waals surface area (Å²) >= 11 is 5.91. The molecule has 0 bridgehead atoms. The van der Waals surface area contributed by atoms with E-state index in [1.54, 1.807) is 12.1 Å². The standard InChI is InChI=1S/C12H13ClN4O2S/c13-11-7-15-8-17-12(11)16-6-5-9-1-3-10(4-2-9)20(14,18)19/h1-4,7-8H,5-6H2,(H2,14,18,19)(H,15,16,17). The second-order valence-electron chi connectivity index (χ2n) is 4.09. The Labute approximate surface area is 122 Å². The number of nitrogens with one attached hydrogen (secondary N) is 1. The van der Waals surface area contributed by atoms with E-state index >= 15 is 0 Å². The molecule has 2 aromatic rings. The number of aromatic nitrogens is 2. The number of nitrogens with zero attached hydrogens (tertiary/aromatic N) is 2. The average Bonchev–Trinajstić information content (AvgIpc) is 2.40. The minimum atomic E-state index is -3.64. The van der Waals surface area contributed by atoms with E-state index in [2.05, 4.69) is 15.3 Å². The molecule has 2 rings (SSSR count). The first-order valence-electron chi connectivity index (χ1n) is 5.78. The second-order valence-corrected chi connectivity index (χ2v) is 6.05. The van der Waals surface area contributed by atoms with Gasteiger partial charge in [0.2, 0.25) is 10.0 Å². The highest BCUT2D eigenvalue weighted by atomic mass is 35.5. The van der Waals surface area contributed by atoms with Gasteiger partial charge in [-0.2, -0.15) is 0 Å². The summed E-state index contributed by atoms with van der Waals surface area (Å²) in [5.74, 6) is 0.572. The summed E-state index contributed by atoms with van der Waals surface area (Å²) in [5.41, 5.74) is 0.982. The first kappa shape index (κ1) is 14.7. The third-order valence-corrected chi connectivity index (χ3v) is 3.83. The topological polar surface area (TPSA) is 98.0 Å². The van der Waals surface area contributed by atoms with Crippen molar-refractivity contribution in [3.63, 3.8) is 0 Å². The Hall–Kier alpha value is -1.70. The molecule has 8 heteroatoms. The van der Waals surface area contributed by atoms with E-state index in [1.165, 1.54) is 24.7 Å². The zero-order chi connectivity index (χ0) is 14.6. The highest BCUT2D eigenvalue weighted by Crippen LogP contribution is 2.16. The van der Waals surface area contributed by atoms with Gasteiger partial charge in [-0.15, -0.1) is 0 Å². The fourth-order valence-corrected chi connectivity index (χ4v) is 2.30. The van der Waals surface area contributed by atoms with E-state index < -0.39 is 10.0 Å². The molecule has 0 saturated heterocycles. The van der Waals surface area contributed by atoms with E-state index in [-0.39, 0.29) is 4.90 Å². The number of benzene rings is 1. The van der Waals surface area contributed by atoms with Gasteiger partial charge in [0.05, 0.1) is 11.1 Å². The Kier molecular flexibility index (Phi) is 4.53. The molecule has 0 aliphatic heterocycles. The van der Waals surface area contributed by atoms with Crippen molar-refractivity contribution in [2.45, 2.75) is 11.3 Å². The van der Waals surface area contributed by atoms with Crippen molar-refractivity contribution >= 4 is 27.4 Å². The monoisotopic (exact) mass is 312 g/mol. The molecule has 6 nitrogen and oxygen atoms in total. The molecule has 0 saturated carbocycles. The minimum absolute atomic E-state index is 0.105. The molecule has 0 unspecified atom stereocenters. The molecule has 0 atom stereocenters. The maximum Gasteiger partial charge on any atom is 0.238 e. The number of halogens is 1. The van der Waals surface area contributed by atoms with Gasteiger partial charge >= 0.3 is 0 Å². The van der Waals surface area contributed by atoms with Crippen LogP contribution >= 0.6 is 11.6 Å². The summed E-state index contributed by atoms with van der Waals surface area (Å²) in [6, 6.07) is 6.43. The van der Waals surface area contributed by atoms with Gasteiger partial charge in [0.25, 0.3) is 0 Å². The first-order valence-corrected chi connectivity index (χ1v) is 7.70. The number of anilines is 1. The highest BCUT2D eigenvalue weighted by molar-refractivity contribution is 7.89. The summed E-state index contributed by atoms with van der Waals surface area (Å²) < 4.78 is 22.2. The third-order valence-electron chi connectivity index (χ3n) is 2.63. The SMILES string of the molecule is NS(=O)(=O)c1ccc(CCNc2ncncc2Cl)cc1. The molecule has 0 aliphatic rings. The van der Waals surface area contributed by atoms with Crippen LogP contribution in [-0.2, 0) is 16.4 Å². The van der Waals surface area contributed by atoms with Gasteiger partial charge in [0, 0.05) is 6.54 Å². The lowest BCUT2D eigenvalue weighted by Crippen LogP contribution is -2.12. The van der Waals surface area contributed by atoms with Crippen molar-refractivity contribution in [1.82, 2.24) is 9.97 Å². The highest BCUT2D eigenvalue weighted by Gasteiger charge is 2.06. The predicted octanol–water partition coefficient (Wildman–Crippen LogP) is 1.43. The summed E-state index contributed by atoms with van der Waals surface area (Å²) in [6.07, 6.45) is 3.62. The maximum absolute atomic E-state index is 11.1. The maximum atomic E-state index is 11.1. The molecule has 20 heavy (non-hydrogen) atoms. The van der Waals surface area contributed by atoms with Crippen LogP contribution in [-0.4, -0.2) is 24.9 Å². The molecular formula is C12H13ClN4O2S. The molecule has 0 radical (unpaired) electrons. The molecule has 0 spiro atoms. The van der Waals surface area contributed by atoms with Gasteiger partial charge in [0.1, 0.15) is 17.2 Å². The van der Waals surface area contributed by atoms with Crippen molar-refractivity contribution < 1.29 is 8.42 Å². The molecular weight excluding hydrogens is 300 g/mol. The normalized spacial score (nSPS) is 11.3. The summed E-state index contributed by atoms with van der Waals surface area (Å²) in [6.45, 7) is 0.617. The smallest absolute Gasteiger partial charge is 0.238 e. The number of sulfonamides is 1. The molecule has 0 amide bonds. The lowest BCUT2D eigenvalue weighted by atomic mass is 10.1. The van der Waals surface area contributed by atoms with Gasteiger partial charge in [-0.05, 0) is 24.1 Å². The quantitative estimate of drug-likeness (QED) is 0.870. The molecule has 1 aromatic carbocycles. The molecule has 1 heterocycles. The van der Waals surface area contributed by atoms with E-state index in [1.807, 2.05) is 0 Å². The van der Waals surface area contributed by atoms with Gasteiger partial charge < -0.3 is 5.32 Å². The van der Waals surface area contributed by atoms with Crippen LogP contribution in [0.5, 0.6) is 0 Å². The van der Waals surface area contributed by atoms with Gasteiger partial charge in [-0.1, -0.05) is 23.7 Å². The van der Waals surface area contributed by atoms with Crippen LogP contribution in [0.4, 0.5) is 5.82 Å². The molecule has 106 valence electrons. The number of nitrogens with two attached hydrogens (primary N) is 1. The van der Waals surface area contributed by atoms with Crippen LogP contribution in [0.1, 0.15) is 5.56 Å². The van der Waals surface area contributed by atoms with Crippen LogP contribution in [0.2, 0.25) is 5.02 Å². The number of hydrogen-bond donors (Lipinski definition) is 2. The number of primary sulfonamides is 1. The van der Waals surface area contributed by atoms with Crippen molar-refractivity contribution in [2.75, 3.05) is 11.9 Å². The lowest BCUT2D eigenvalue weighted by molar-refractivity contribution is 0.598. The van der Waals surface area contributed by atoms with Crippen LogP contribution in [0, 0.1) is 0 Å². The lowest BCUT2D eigenvalue weighted by Gasteiger charge is -2.07. The van der Waals surface area contributed by atoms with Crippen molar-refractivity contribution in [3.05, 3.63) is 47.4 Å². The zero-order valence-electron chi connectivity index (χ0n) is 10.5. The summed E-state index contributed by atoms with van der Waals surface area (Å²) in [4.78, 5) is 7.90. The first-order chi connectivity index (χ1) is 9.47. The Bertz CT molecular complexity index is 689. The number of rotatable bonds is 5. The fraction of sp³-hybridized carbons (Fsp3) is 0.167. The Balaban J connectivity index is 1.94. The van der Waals surface area contributed by atoms with E-state index in [0.29, 0.717) is 23.8 Å². The van der Waals surface area contributed by atoms with Crippen molar-refractivity contribution in [2.24, 2.45) is 5.14 Å². The average molecular weight is 313 g/mol. The Morgan fingerprint density at radius 1 is 1.25 bits per heavy atom. The third kappa shape index (κ3) is 3.89. The van der Waals surface area contributed by atoms with E-state index in [0.717, 1.165) is 5.56 Å². The van der Waals surface area contributed by atoms with Gasteiger partial charge in [-0.3, -0.25) is 0 Å². The predicted molar refractivity (Wildman–Crippen MR) is 77.1 cm³/mol. The van der Waals surface area contributed by atoms with Crippen LogP contribution in [0.15, 0.2) is 41.7 Å². The molecule has 0 fully saturated rings. The van der Waals surface area contributed by atoms with Gasteiger partial charge in [0.15, 0.2) is 0 Å². The second kappa shape index (κ2) is 6.17. The fourth-order valence-electron chi connectivity index (χ4n) is 1.61. The number of hydrogen-bond acceptors (Lipinski definition) is 5. The van der Waals surface area contributed by atoms with E-state index in [4.69, 9.17) is 16.7 Å². The van der Waals surface area contributed by atoms with E-state index in [9.17, 15) is 8.42 Å². The van der Waals surface area contributed by atoms with Crippen LogP contribution < -0.4 is 10.5 Å². The zero-order valence-corrected chi connectivity index (χ0v) is 12.0.